The highest BCUT2D eigenvalue weighted by Crippen LogP contribution is 2.22. The maximum absolute atomic E-state index is 13.4. The molecule has 0 saturated heterocycles. The van der Waals surface area contributed by atoms with Crippen LogP contribution in [-0.4, -0.2) is 26.0 Å². The largest absolute Gasteiger partial charge is 0.507 e. The highest BCUT2D eigenvalue weighted by molar-refractivity contribution is 6.04. The summed E-state index contributed by atoms with van der Waals surface area (Å²) in [6.45, 7) is 0. The van der Waals surface area contributed by atoms with Crippen LogP contribution in [0.5, 0.6) is 5.75 Å². The van der Waals surface area contributed by atoms with Crippen LogP contribution in [0.25, 0.3) is 21.9 Å². The Hall–Kier alpha value is -3.48. The van der Waals surface area contributed by atoms with Crippen molar-refractivity contribution in [3.8, 4) is 5.75 Å². The summed E-state index contributed by atoms with van der Waals surface area (Å²) in [4.78, 5) is 19.6. The van der Waals surface area contributed by atoms with E-state index in [2.05, 4.69) is 15.1 Å². The summed E-state index contributed by atoms with van der Waals surface area (Å²) in [5, 5.41) is 14.3. The summed E-state index contributed by atoms with van der Waals surface area (Å²) in [5.41, 5.74) is 1.32. The van der Waals surface area contributed by atoms with Crippen molar-refractivity contribution in [3.63, 3.8) is 0 Å². The minimum absolute atomic E-state index is 0.0597. The lowest BCUT2D eigenvalue weighted by Crippen LogP contribution is -2.17. The first-order chi connectivity index (χ1) is 11.6. The maximum Gasteiger partial charge on any atom is 0.298 e. The monoisotopic (exact) mass is 322 g/mol. The van der Waals surface area contributed by atoms with Gasteiger partial charge in [0, 0.05) is 16.5 Å². The van der Waals surface area contributed by atoms with Crippen molar-refractivity contribution in [2.24, 2.45) is 5.10 Å². The van der Waals surface area contributed by atoms with Gasteiger partial charge >= 0.3 is 0 Å². The number of hydrogen-bond acceptors (Lipinski definition) is 4. The van der Waals surface area contributed by atoms with E-state index in [0.717, 1.165) is 4.68 Å². The molecule has 2 aromatic heterocycles. The Bertz CT molecular complexity index is 1160. The number of nitrogens with zero attached hydrogens (tertiary/aromatic N) is 3. The van der Waals surface area contributed by atoms with Gasteiger partial charge in [-0.3, -0.25) is 4.79 Å². The minimum Gasteiger partial charge on any atom is -0.507 e. The molecule has 0 saturated carbocycles. The Morgan fingerprint density at radius 1 is 1.25 bits per heavy atom. The molecule has 0 amide bonds. The Morgan fingerprint density at radius 2 is 2.08 bits per heavy atom. The first kappa shape index (κ1) is 14.1. The highest BCUT2D eigenvalue weighted by Gasteiger charge is 2.11. The SMILES string of the molecule is O=c1c2[nH]c3ccc(F)cc3c2ncn1/N=C/c1ccccc1O. The number of phenols is 1. The van der Waals surface area contributed by atoms with Crippen LogP contribution >= 0.6 is 0 Å². The molecule has 0 unspecified atom stereocenters. The van der Waals surface area contributed by atoms with Crippen LogP contribution in [0.15, 0.2) is 58.7 Å². The fourth-order valence-electron chi connectivity index (χ4n) is 2.52. The van der Waals surface area contributed by atoms with E-state index in [1.54, 1.807) is 24.3 Å². The molecule has 0 fully saturated rings. The zero-order chi connectivity index (χ0) is 16.7. The van der Waals surface area contributed by atoms with Gasteiger partial charge in [0.25, 0.3) is 5.56 Å². The van der Waals surface area contributed by atoms with Gasteiger partial charge in [0.05, 0.1) is 6.21 Å². The number of aromatic amines is 1. The van der Waals surface area contributed by atoms with E-state index in [1.165, 1.54) is 30.7 Å². The van der Waals surface area contributed by atoms with E-state index in [1.807, 2.05) is 0 Å². The molecule has 6 nitrogen and oxygen atoms in total. The lowest BCUT2D eigenvalue weighted by atomic mass is 10.2. The third-order valence-electron chi connectivity index (χ3n) is 3.71. The number of nitrogens with one attached hydrogen (secondary N) is 1. The van der Waals surface area contributed by atoms with E-state index in [9.17, 15) is 14.3 Å². The van der Waals surface area contributed by atoms with Crippen LogP contribution in [-0.2, 0) is 0 Å². The van der Waals surface area contributed by atoms with E-state index in [4.69, 9.17) is 0 Å². The number of halogens is 1. The van der Waals surface area contributed by atoms with Crippen LogP contribution in [0.3, 0.4) is 0 Å². The summed E-state index contributed by atoms with van der Waals surface area (Å²) >= 11 is 0. The number of phenolic OH excluding ortho intramolecular Hbond substituents is 1. The van der Waals surface area contributed by atoms with Gasteiger partial charge in [-0.25, -0.2) is 9.37 Å². The summed E-state index contributed by atoms with van der Waals surface area (Å²) in [5.74, 6) is -0.337. The Balaban J connectivity index is 1.86. The standard InChI is InChI=1S/C17H11FN4O2/c18-11-5-6-13-12(7-11)15-16(21-13)17(24)22(9-19-15)20-8-10-3-1-2-4-14(10)23/h1-9,21,23H/b20-8+. The van der Waals surface area contributed by atoms with E-state index >= 15 is 0 Å². The Morgan fingerprint density at radius 3 is 2.92 bits per heavy atom. The molecule has 4 aromatic rings. The fourth-order valence-corrected chi connectivity index (χ4v) is 2.52. The predicted octanol–water partition coefficient (Wildman–Crippen LogP) is 2.60. The average Bonchev–Trinajstić information content (AvgIpc) is 2.94. The molecule has 0 aliphatic rings. The van der Waals surface area contributed by atoms with Gasteiger partial charge in [0.2, 0.25) is 0 Å². The van der Waals surface area contributed by atoms with Gasteiger partial charge in [-0.05, 0) is 30.3 Å². The molecule has 0 bridgehead atoms. The normalized spacial score (nSPS) is 11.7. The molecule has 0 radical (unpaired) electrons. The second kappa shape index (κ2) is 5.31. The van der Waals surface area contributed by atoms with Gasteiger partial charge in [-0.1, -0.05) is 12.1 Å². The smallest absolute Gasteiger partial charge is 0.298 e. The van der Waals surface area contributed by atoms with E-state index < -0.39 is 11.4 Å². The lowest BCUT2D eigenvalue weighted by molar-refractivity contribution is 0.474. The number of aromatic nitrogens is 3. The van der Waals surface area contributed by atoms with Gasteiger partial charge in [0.15, 0.2) is 0 Å². The van der Waals surface area contributed by atoms with Crippen molar-refractivity contribution in [1.82, 2.24) is 14.6 Å². The fraction of sp³-hybridized carbons (Fsp3) is 0. The molecule has 2 N–H and O–H groups in total. The second-order valence-corrected chi connectivity index (χ2v) is 5.24. The van der Waals surface area contributed by atoms with Crippen LogP contribution in [0.2, 0.25) is 0 Å². The van der Waals surface area contributed by atoms with Crippen LogP contribution in [0.4, 0.5) is 4.39 Å². The molecule has 118 valence electrons. The molecule has 2 heterocycles. The molecule has 0 aliphatic heterocycles. The molecule has 2 aromatic carbocycles. The zero-order valence-corrected chi connectivity index (χ0v) is 12.3. The van der Waals surface area contributed by atoms with Gasteiger partial charge < -0.3 is 10.1 Å². The van der Waals surface area contributed by atoms with Crippen LogP contribution in [0.1, 0.15) is 5.56 Å². The number of fused-ring (bicyclic) bond motifs is 3. The van der Waals surface area contributed by atoms with Gasteiger partial charge in [-0.15, -0.1) is 0 Å². The van der Waals surface area contributed by atoms with E-state index in [-0.39, 0.29) is 11.3 Å². The average molecular weight is 322 g/mol. The van der Waals surface area contributed by atoms with Crippen LogP contribution in [0, 0.1) is 5.82 Å². The Labute approximate surface area is 134 Å². The molecule has 0 atom stereocenters. The van der Waals surface area contributed by atoms with Crippen molar-refractivity contribution in [2.45, 2.75) is 0 Å². The van der Waals surface area contributed by atoms with Crippen molar-refractivity contribution in [3.05, 3.63) is 70.5 Å². The number of hydrogen-bond donors (Lipinski definition) is 2. The van der Waals surface area contributed by atoms with Gasteiger partial charge in [0.1, 0.15) is 28.9 Å². The molecule has 0 aliphatic carbocycles. The summed E-state index contributed by atoms with van der Waals surface area (Å²) in [6.07, 6.45) is 2.63. The number of H-pyrrole nitrogens is 1. The number of rotatable bonds is 2. The van der Waals surface area contributed by atoms with Crippen molar-refractivity contribution < 1.29 is 9.50 Å². The van der Waals surface area contributed by atoms with Crippen LogP contribution < -0.4 is 5.56 Å². The number of aromatic hydroxyl groups is 1. The van der Waals surface area contributed by atoms with Crippen molar-refractivity contribution >= 4 is 28.2 Å². The topological polar surface area (TPSA) is 83.3 Å². The second-order valence-electron chi connectivity index (χ2n) is 5.24. The third kappa shape index (κ3) is 2.23. The molecule has 24 heavy (non-hydrogen) atoms. The predicted molar refractivity (Wildman–Crippen MR) is 88.9 cm³/mol. The number of para-hydroxylation sites is 1. The van der Waals surface area contributed by atoms with E-state index in [0.29, 0.717) is 22.0 Å². The third-order valence-corrected chi connectivity index (χ3v) is 3.71. The summed E-state index contributed by atoms with van der Waals surface area (Å²) in [7, 11) is 0. The summed E-state index contributed by atoms with van der Waals surface area (Å²) < 4.78 is 14.5. The first-order valence-corrected chi connectivity index (χ1v) is 7.14. The summed E-state index contributed by atoms with van der Waals surface area (Å²) in [6, 6.07) is 10.8. The Kier molecular flexibility index (Phi) is 3.13. The van der Waals surface area contributed by atoms with Crippen molar-refractivity contribution in [1.29, 1.82) is 0 Å². The molecular weight excluding hydrogens is 311 g/mol. The molecule has 7 heteroatoms. The highest BCUT2D eigenvalue weighted by atomic mass is 19.1. The molecule has 4 rings (SSSR count). The quantitative estimate of drug-likeness (QED) is 0.556. The zero-order valence-electron chi connectivity index (χ0n) is 12.3. The number of benzene rings is 2. The molecule has 0 spiro atoms. The maximum atomic E-state index is 13.4. The first-order valence-electron chi connectivity index (χ1n) is 7.14. The van der Waals surface area contributed by atoms with Gasteiger partial charge in [-0.2, -0.15) is 9.78 Å². The lowest BCUT2D eigenvalue weighted by Gasteiger charge is -1.99. The minimum atomic E-state index is -0.414. The molecular formula is C17H11FN4O2. The van der Waals surface area contributed by atoms with Crippen molar-refractivity contribution in [2.75, 3.05) is 0 Å².